The smallest absolute Gasteiger partial charge is 0.303 e. The summed E-state index contributed by atoms with van der Waals surface area (Å²) in [6.07, 6.45) is 0. The van der Waals surface area contributed by atoms with Crippen LogP contribution in [0.25, 0.3) is 0 Å². The van der Waals surface area contributed by atoms with Gasteiger partial charge in [0.05, 0.1) is 4.92 Å². The number of oxime groups is 1. The highest BCUT2D eigenvalue weighted by Crippen LogP contribution is 2.43. The van der Waals surface area contributed by atoms with E-state index < -0.39 is 16.1 Å². The van der Waals surface area contributed by atoms with Crippen molar-refractivity contribution in [2.45, 2.75) is 18.1 Å². The molecule has 19 heavy (non-hydrogen) atoms. The molecule has 7 heteroatoms. The number of nitro groups is 1. The second-order valence-electron chi connectivity index (χ2n) is 4.15. The highest BCUT2D eigenvalue weighted by atomic mass is 16.7. The number of nitriles is 2. The Labute approximate surface area is 108 Å². The van der Waals surface area contributed by atoms with Gasteiger partial charge in [0, 0.05) is 0 Å². The first-order valence-corrected chi connectivity index (χ1v) is 5.31. The van der Waals surface area contributed by atoms with Crippen LogP contribution in [0.4, 0.5) is 0 Å². The third-order valence-corrected chi connectivity index (χ3v) is 3.29. The zero-order valence-corrected chi connectivity index (χ0v) is 9.90. The predicted octanol–water partition coefficient (Wildman–Crippen LogP) is 1.35. The van der Waals surface area contributed by atoms with Gasteiger partial charge in [-0.2, -0.15) is 10.5 Å². The Morgan fingerprint density at radius 1 is 1.37 bits per heavy atom. The van der Waals surface area contributed by atoms with E-state index in [4.69, 9.17) is 10.1 Å². The average Bonchev–Trinajstić information content (AvgIpc) is 2.74. The fourth-order valence-electron chi connectivity index (χ4n) is 2.08. The lowest BCUT2D eigenvalue weighted by Gasteiger charge is -2.27. The maximum Gasteiger partial charge on any atom is 0.485 e. The number of rotatable bonds is 2. The van der Waals surface area contributed by atoms with Gasteiger partial charge in [-0.15, -0.1) is 0 Å². The van der Waals surface area contributed by atoms with Crippen LogP contribution in [0.2, 0.25) is 0 Å². The Morgan fingerprint density at radius 3 is 2.47 bits per heavy atom. The number of benzene rings is 1. The highest BCUT2D eigenvalue weighted by molar-refractivity contribution is 6.08. The van der Waals surface area contributed by atoms with Crippen LogP contribution in [0.1, 0.15) is 12.5 Å². The van der Waals surface area contributed by atoms with E-state index in [0.717, 1.165) is 0 Å². The van der Waals surface area contributed by atoms with E-state index in [0.29, 0.717) is 5.56 Å². The van der Waals surface area contributed by atoms with E-state index in [1.54, 1.807) is 42.5 Å². The summed E-state index contributed by atoms with van der Waals surface area (Å²) < 4.78 is 0. The summed E-state index contributed by atoms with van der Waals surface area (Å²) in [5.74, 6) is 0. The molecule has 0 saturated heterocycles. The van der Waals surface area contributed by atoms with Gasteiger partial charge in [-0.1, -0.05) is 35.5 Å². The Hall–Kier alpha value is -2.93. The summed E-state index contributed by atoms with van der Waals surface area (Å²) in [5.41, 5.74) is -3.76. The Morgan fingerprint density at radius 2 is 2.00 bits per heavy atom. The zero-order chi connectivity index (χ0) is 14.1. The van der Waals surface area contributed by atoms with E-state index in [1.807, 2.05) is 0 Å². The van der Waals surface area contributed by atoms with Gasteiger partial charge >= 0.3 is 5.72 Å². The summed E-state index contributed by atoms with van der Waals surface area (Å²) in [4.78, 5) is 15.2. The molecular formula is C12H8N4O3. The van der Waals surface area contributed by atoms with Gasteiger partial charge in [0.25, 0.3) is 0 Å². The SMILES string of the molecule is CC1(c2ccccc2)C(C#N)=NOC1(C#N)[N+](=O)[O-]. The first-order valence-electron chi connectivity index (χ1n) is 5.31. The minimum absolute atomic E-state index is 0.197. The molecule has 0 fully saturated rings. The Balaban J connectivity index is 2.74. The summed E-state index contributed by atoms with van der Waals surface area (Å²) in [6.45, 7) is 1.41. The molecule has 0 N–H and O–H groups in total. The topological polar surface area (TPSA) is 112 Å². The standard InChI is InChI=1S/C12H8N4O3/c1-11(9-5-3-2-4-6-9)10(7-13)15-19-12(11,8-14)16(17)18/h2-6H,1H3. The molecule has 1 aliphatic heterocycles. The second kappa shape index (κ2) is 4.07. The molecule has 7 nitrogen and oxygen atoms in total. The Kier molecular flexibility index (Phi) is 2.68. The van der Waals surface area contributed by atoms with Crippen molar-refractivity contribution in [3.05, 3.63) is 46.0 Å². The maximum absolute atomic E-state index is 11.3. The quantitative estimate of drug-likeness (QED) is 0.585. The molecule has 0 spiro atoms. The van der Waals surface area contributed by atoms with Crippen LogP contribution in [0.15, 0.2) is 35.5 Å². The van der Waals surface area contributed by atoms with Crippen molar-refractivity contribution < 1.29 is 9.76 Å². The highest BCUT2D eigenvalue weighted by Gasteiger charge is 2.71. The molecular weight excluding hydrogens is 248 g/mol. The van der Waals surface area contributed by atoms with E-state index >= 15 is 0 Å². The van der Waals surface area contributed by atoms with Crippen LogP contribution in [0, 0.1) is 32.8 Å². The lowest BCUT2D eigenvalue weighted by atomic mass is 9.71. The van der Waals surface area contributed by atoms with Crippen molar-refractivity contribution in [2.75, 3.05) is 0 Å². The van der Waals surface area contributed by atoms with Gasteiger partial charge in [0.2, 0.25) is 0 Å². The molecule has 1 aromatic carbocycles. The first-order chi connectivity index (χ1) is 9.03. The molecule has 2 atom stereocenters. The van der Waals surface area contributed by atoms with Crippen molar-refractivity contribution in [1.82, 2.24) is 0 Å². The molecule has 1 heterocycles. The van der Waals surface area contributed by atoms with Crippen molar-refractivity contribution in [2.24, 2.45) is 5.16 Å². The van der Waals surface area contributed by atoms with Crippen LogP contribution in [0.3, 0.4) is 0 Å². The third kappa shape index (κ3) is 1.39. The molecule has 0 aliphatic carbocycles. The zero-order valence-electron chi connectivity index (χ0n) is 9.90. The fourth-order valence-corrected chi connectivity index (χ4v) is 2.08. The summed E-state index contributed by atoms with van der Waals surface area (Å²) >= 11 is 0. The number of nitrogens with zero attached hydrogens (tertiary/aromatic N) is 4. The average molecular weight is 256 g/mol. The largest absolute Gasteiger partial charge is 0.485 e. The molecule has 1 aliphatic rings. The van der Waals surface area contributed by atoms with Crippen molar-refractivity contribution in [3.8, 4) is 12.1 Å². The van der Waals surface area contributed by atoms with E-state index in [1.165, 1.54) is 6.92 Å². The van der Waals surface area contributed by atoms with Crippen LogP contribution in [-0.4, -0.2) is 16.4 Å². The summed E-state index contributed by atoms with van der Waals surface area (Å²) in [5, 5.41) is 33.0. The molecule has 1 aromatic rings. The van der Waals surface area contributed by atoms with Gasteiger partial charge in [-0.05, 0) is 12.5 Å². The van der Waals surface area contributed by atoms with Gasteiger partial charge in [0.15, 0.2) is 17.2 Å². The number of hydrogen-bond donors (Lipinski definition) is 0. The lowest BCUT2D eigenvalue weighted by molar-refractivity contribution is -0.616. The molecule has 94 valence electrons. The van der Waals surface area contributed by atoms with E-state index in [-0.39, 0.29) is 5.71 Å². The molecule has 0 aromatic heterocycles. The molecule has 2 unspecified atom stereocenters. The minimum atomic E-state index is -2.43. The molecule has 0 saturated carbocycles. The monoisotopic (exact) mass is 256 g/mol. The van der Waals surface area contributed by atoms with Crippen molar-refractivity contribution in [1.29, 1.82) is 10.5 Å². The molecule has 0 bridgehead atoms. The second-order valence-corrected chi connectivity index (χ2v) is 4.15. The van der Waals surface area contributed by atoms with Crippen molar-refractivity contribution >= 4 is 5.71 Å². The Bertz CT molecular complexity index is 643. The van der Waals surface area contributed by atoms with Gasteiger partial charge in [-0.3, -0.25) is 10.1 Å². The maximum atomic E-state index is 11.3. The number of hydrogen-bond acceptors (Lipinski definition) is 6. The van der Waals surface area contributed by atoms with Crippen LogP contribution in [-0.2, 0) is 10.3 Å². The fraction of sp³-hybridized carbons (Fsp3) is 0.250. The van der Waals surface area contributed by atoms with Crippen molar-refractivity contribution in [3.63, 3.8) is 0 Å². The third-order valence-electron chi connectivity index (χ3n) is 3.29. The first kappa shape index (κ1) is 12.5. The van der Waals surface area contributed by atoms with Gasteiger partial charge in [-0.25, -0.2) is 0 Å². The van der Waals surface area contributed by atoms with Crippen LogP contribution >= 0.6 is 0 Å². The van der Waals surface area contributed by atoms with E-state index in [2.05, 4.69) is 5.16 Å². The van der Waals surface area contributed by atoms with Crippen LogP contribution < -0.4 is 0 Å². The normalized spacial score (nSPS) is 28.7. The molecule has 2 rings (SSSR count). The van der Waals surface area contributed by atoms with Gasteiger partial charge in [0.1, 0.15) is 6.07 Å². The van der Waals surface area contributed by atoms with Gasteiger partial charge < -0.3 is 4.84 Å². The lowest BCUT2D eigenvalue weighted by Crippen LogP contribution is -2.55. The summed E-state index contributed by atoms with van der Waals surface area (Å²) in [6, 6.07) is 11.6. The van der Waals surface area contributed by atoms with Crippen LogP contribution in [0.5, 0.6) is 0 Å². The minimum Gasteiger partial charge on any atom is -0.303 e. The molecule has 0 amide bonds. The summed E-state index contributed by atoms with van der Waals surface area (Å²) in [7, 11) is 0. The molecule has 0 radical (unpaired) electrons. The predicted molar refractivity (Wildman–Crippen MR) is 63.3 cm³/mol. The van der Waals surface area contributed by atoms with E-state index in [9.17, 15) is 15.4 Å².